The van der Waals surface area contributed by atoms with Gasteiger partial charge in [0.05, 0.1) is 5.56 Å². The van der Waals surface area contributed by atoms with Gasteiger partial charge in [-0.15, -0.1) is 0 Å². The van der Waals surface area contributed by atoms with Crippen LogP contribution in [0.3, 0.4) is 0 Å². The quantitative estimate of drug-likeness (QED) is 0.915. The molecule has 2 aromatic rings. The number of carboxylic acids is 1. The molecule has 0 aliphatic rings. The zero-order chi connectivity index (χ0) is 14.0. The molecule has 1 heterocycles. The van der Waals surface area contributed by atoms with Crippen molar-refractivity contribution in [1.82, 2.24) is 4.90 Å². The minimum absolute atomic E-state index is 0.334. The molecular formula is C14H15NO4. The van der Waals surface area contributed by atoms with E-state index < -0.39 is 5.97 Å². The van der Waals surface area contributed by atoms with Crippen molar-refractivity contribution in [1.29, 1.82) is 0 Å². The number of aliphatic carboxylic acids is 1. The first-order valence-corrected chi connectivity index (χ1v) is 6.00. The van der Waals surface area contributed by atoms with Gasteiger partial charge in [-0.3, -0.25) is 9.59 Å². The van der Waals surface area contributed by atoms with Crippen LogP contribution in [0, 0.1) is 0 Å². The summed E-state index contributed by atoms with van der Waals surface area (Å²) in [6, 6.07) is 5.67. The Bertz CT molecular complexity index is 629. The van der Waals surface area contributed by atoms with E-state index in [0.29, 0.717) is 11.1 Å². The Morgan fingerprint density at radius 1 is 1.37 bits per heavy atom. The molecule has 1 N–H and O–H groups in total. The maximum atomic E-state index is 12.2. The molecule has 5 heteroatoms. The third kappa shape index (κ3) is 2.59. The van der Waals surface area contributed by atoms with Gasteiger partial charge in [0.1, 0.15) is 18.4 Å². The van der Waals surface area contributed by atoms with Crippen molar-refractivity contribution in [2.45, 2.75) is 13.3 Å². The van der Waals surface area contributed by atoms with E-state index in [4.69, 9.17) is 9.52 Å². The molecule has 0 spiro atoms. The Morgan fingerprint density at radius 2 is 2.11 bits per heavy atom. The zero-order valence-corrected chi connectivity index (χ0v) is 10.8. The minimum atomic E-state index is -1.04. The van der Waals surface area contributed by atoms with Gasteiger partial charge in [-0.25, -0.2) is 0 Å². The van der Waals surface area contributed by atoms with Crippen LogP contribution in [0.4, 0.5) is 0 Å². The fraction of sp³-hybridized carbons (Fsp3) is 0.286. The van der Waals surface area contributed by atoms with Gasteiger partial charge in [-0.05, 0) is 24.1 Å². The highest BCUT2D eigenvalue weighted by Crippen LogP contribution is 2.23. The molecule has 0 unspecified atom stereocenters. The number of carbonyl (C=O) groups excluding carboxylic acids is 1. The highest BCUT2D eigenvalue weighted by molar-refractivity contribution is 6.06. The number of carboxylic acid groups (broad SMARTS) is 1. The van der Waals surface area contributed by atoms with Gasteiger partial charge in [0.25, 0.3) is 5.91 Å². The lowest BCUT2D eigenvalue weighted by Crippen LogP contribution is -2.31. The predicted octanol–water partition coefficient (Wildman–Crippen LogP) is 2.15. The van der Waals surface area contributed by atoms with Crippen molar-refractivity contribution < 1.29 is 19.1 Å². The first-order chi connectivity index (χ1) is 9.02. The first-order valence-electron chi connectivity index (χ1n) is 6.00. The fourth-order valence-corrected chi connectivity index (χ4v) is 1.94. The monoisotopic (exact) mass is 261 g/mol. The van der Waals surface area contributed by atoms with E-state index in [0.717, 1.165) is 22.3 Å². The highest BCUT2D eigenvalue weighted by atomic mass is 16.4. The Labute approximate surface area is 110 Å². The molecule has 0 saturated heterocycles. The summed E-state index contributed by atoms with van der Waals surface area (Å²) in [5, 5.41) is 9.43. The lowest BCUT2D eigenvalue weighted by atomic mass is 10.1. The zero-order valence-electron chi connectivity index (χ0n) is 10.8. The number of hydrogen-bond donors (Lipinski definition) is 1. The molecule has 0 fully saturated rings. The standard InChI is InChI=1S/C14H15NO4/c1-3-9-4-5-12-10(6-9)11(8-19-12)14(18)15(2)7-13(16)17/h4-6,8H,3,7H2,1-2H3,(H,16,17). The second kappa shape index (κ2) is 5.14. The van der Waals surface area contributed by atoms with Gasteiger partial charge in [-0.1, -0.05) is 13.0 Å². The Balaban J connectivity index is 2.39. The lowest BCUT2D eigenvalue weighted by molar-refractivity contribution is -0.137. The maximum Gasteiger partial charge on any atom is 0.323 e. The molecular weight excluding hydrogens is 246 g/mol. The third-order valence-electron chi connectivity index (χ3n) is 3.00. The predicted molar refractivity (Wildman–Crippen MR) is 70.2 cm³/mol. The van der Waals surface area contributed by atoms with E-state index in [2.05, 4.69) is 0 Å². The van der Waals surface area contributed by atoms with E-state index in [1.165, 1.54) is 13.3 Å². The second-order valence-electron chi connectivity index (χ2n) is 4.39. The smallest absolute Gasteiger partial charge is 0.323 e. The molecule has 2 rings (SSSR count). The normalized spacial score (nSPS) is 10.6. The molecule has 0 aliphatic heterocycles. The topological polar surface area (TPSA) is 70.8 Å². The van der Waals surface area contributed by atoms with Gasteiger partial charge in [0, 0.05) is 12.4 Å². The van der Waals surface area contributed by atoms with Crippen LogP contribution in [0.5, 0.6) is 0 Å². The van der Waals surface area contributed by atoms with Gasteiger partial charge < -0.3 is 14.4 Å². The Hall–Kier alpha value is -2.30. The maximum absolute atomic E-state index is 12.2. The van der Waals surface area contributed by atoms with Crippen LogP contribution in [0.2, 0.25) is 0 Å². The van der Waals surface area contributed by atoms with Crippen LogP contribution in [-0.4, -0.2) is 35.5 Å². The van der Waals surface area contributed by atoms with E-state index in [1.54, 1.807) is 0 Å². The number of nitrogens with zero attached hydrogens (tertiary/aromatic N) is 1. The molecule has 19 heavy (non-hydrogen) atoms. The van der Waals surface area contributed by atoms with Crippen LogP contribution >= 0.6 is 0 Å². The van der Waals surface area contributed by atoms with Crippen LogP contribution in [0.1, 0.15) is 22.8 Å². The number of aryl methyl sites for hydroxylation is 1. The molecule has 0 saturated carbocycles. The molecule has 1 aromatic carbocycles. The Kier molecular flexibility index (Phi) is 3.55. The number of benzene rings is 1. The van der Waals surface area contributed by atoms with Crippen molar-refractivity contribution in [2.75, 3.05) is 13.6 Å². The van der Waals surface area contributed by atoms with E-state index in [9.17, 15) is 9.59 Å². The SMILES string of the molecule is CCc1ccc2occ(C(=O)N(C)CC(=O)O)c2c1. The van der Waals surface area contributed by atoms with Crippen LogP contribution in [-0.2, 0) is 11.2 Å². The number of furan rings is 1. The molecule has 100 valence electrons. The molecule has 0 atom stereocenters. The molecule has 0 bridgehead atoms. The number of carbonyl (C=O) groups is 2. The molecule has 0 aliphatic carbocycles. The molecule has 5 nitrogen and oxygen atoms in total. The van der Waals surface area contributed by atoms with E-state index in [-0.39, 0.29) is 12.5 Å². The molecule has 0 radical (unpaired) electrons. The summed E-state index contributed by atoms with van der Waals surface area (Å²) in [7, 11) is 1.46. The summed E-state index contributed by atoms with van der Waals surface area (Å²) in [5.41, 5.74) is 2.13. The van der Waals surface area contributed by atoms with Crippen LogP contribution in [0.25, 0.3) is 11.0 Å². The summed E-state index contributed by atoms with van der Waals surface area (Å²) in [6.07, 6.45) is 2.24. The first kappa shape index (κ1) is 13.1. The molecule has 1 aromatic heterocycles. The van der Waals surface area contributed by atoms with Crippen molar-refractivity contribution in [2.24, 2.45) is 0 Å². The largest absolute Gasteiger partial charge is 0.480 e. The van der Waals surface area contributed by atoms with E-state index >= 15 is 0 Å². The summed E-state index contributed by atoms with van der Waals surface area (Å²) >= 11 is 0. The number of fused-ring (bicyclic) bond motifs is 1. The Morgan fingerprint density at radius 3 is 2.74 bits per heavy atom. The summed E-state index contributed by atoms with van der Waals surface area (Å²) in [5.74, 6) is -1.40. The van der Waals surface area contributed by atoms with Crippen molar-refractivity contribution in [3.05, 3.63) is 35.6 Å². The van der Waals surface area contributed by atoms with Crippen LogP contribution < -0.4 is 0 Å². The van der Waals surface area contributed by atoms with E-state index in [1.807, 2.05) is 25.1 Å². The second-order valence-corrected chi connectivity index (χ2v) is 4.39. The highest BCUT2D eigenvalue weighted by Gasteiger charge is 2.19. The van der Waals surface area contributed by atoms with Gasteiger partial charge in [-0.2, -0.15) is 0 Å². The number of likely N-dealkylation sites (N-methyl/N-ethyl adjacent to an activating group) is 1. The number of amides is 1. The van der Waals surface area contributed by atoms with Crippen molar-refractivity contribution in [3.63, 3.8) is 0 Å². The summed E-state index contributed by atoms with van der Waals surface area (Å²) < 4.78 is 5.33. The fourth-order valence-electron chi connectivity index (χ4n) is 1.94. The van der Waals surface area contributed by atoms with Crippen LogP contribution in [0.15, 0.2) is 28.9 Å². The summed E-state index contributed by atoms with van der Waals surface area (Å²) in [6.45, 7) is 1.69. The van der Waals surface area contributed by atoms with Gasteiger partial charge in [0.15, 0.2) is 0 Å². The average molecular weight is 261 g/mol. The van der Waals surface area contributed by atoms with Crippen molar-refractivity contribution >= 4 is 22.8 Å². The average Bonchev–Trinajstić information content (AvgIpc) is 2.79. The third-order valence-corrected chi connectivity index (χ3v) is 3.00. The molecule has 1 amide bonds. The lowest BCUT2D eigenvalue weighted by Gasteiger charge is -2.13. The van der Waals surface area contributed by atoms with Gasteiger partial charge in [0.2, 0.25) is 0 Å². The minimum Gasteiger partial charge on any atom is -0.480 e. The number of hydrogen-bond acceptors (Lipinski definition) is 3. The van der Waals surface area contributed by atoms with Gasteiger partial charge >= 0.3 is 5.97 Å². The number of rotatable bonds is 4. The van der Waals surface area contributed by atoms with Crippen molar-refractivity contribution in [3.8, 4) is 0 Å². The summed E-state index contributed by atoms with van der Waals surface area (Å²) in [4.78, 5) is 23.9.